The number of aliphatic hydroxyl groups is 1. The molecule has 1 rings (SSSR count). The quantitative estimate of drug-likeness (QED) is 0.472. The molecule has 0 aliphatic carbocycles. The predicted molar refractivity (Wildman–Crippen MR) is 60.9 cm³/mol. The number of aliphatic hydroxyl groups excluding tert-OH is 1. The predicted octanol–water partition coefficient (Wildman–Crippen LogP) is -1.65. The van der Waals surface area contributed by atoms with Crippen LogP contribution < -0.4 is 10.6 Å². The van der Waals surface area contributed by atoms with Crippen LogP contribution in [0.3, 0.4) is 0 Å². The second-order valence-electron chi connectivity index (χ2n) is 4.01. The number of rotatable bonds is 5. The minimum absolute atomic E-state index is 0.130. The summed E-state index contributed by atoms with van der Waals surface area (Å²) in [6, 6.07) is -0.678. The second kappa shape index (κ2) is 6.80. The molecule has 1 aliphatic heterocycles. The van der Waals surface area contributed by atoms with E-state index in [2.05, 4.69) is 10.6 Å². The molecule has 8 heteroatoms. The average molecular weight is 259 g/mol. The van der Waals surface area contributed by atoms with Crippen molar-refractivity contribution in [2.75, 3.05) is 26.2 Å². The van der Waals surface area contributed by atoms with Crippen LogP contribution in [0.25, 0.3) is 0 Å². The maximum Gasteiger partial charge on any atom is 0.334 e. The molecule has 8 nitrogen and oxygen atoms in total. The Morgan fingerprint density at radius 2 is 1.78 bits per heavy atom. The SMILES string of the molecule is O=C(NCC(=O)N1CCCC1)NCC(O)C(=O)O. The van der Waals surface area contributed by atoms with Gasteiger partial charge in [0.1, 0.15) is 0 Å². The third-order valence-corrected chi connectivity index (χ3v) is 2.60. The van der Waals surface area contributed by atoms with Gasteiger partial charge in [0.15, 0.2) is 6.10 Å². The molecule has 1 heterocycles. The van der Waals surface area contributed by atoms with Gasteiger partial charge >= 0.3 is 12.0 Å². The maximum atomic E-state index is 11.5. The van der Waals surface area contributed by atoms with Crippen molar-refractivity contribution in [3.8, 4) is 0 Å². The highest BCUT2D eigenvalue weighted by molar-refractivity contribution is 5.84. The van der Waals surface area contributed by atoms with Crippen molar-refractivity contribution in [1.29, 1.82) is 0 Å². The zero-order valence-electron chi connectivity index (χ0n) is 9.89. The van der Waals surface area contributed by atoms with E-state index in [0.717, 1.165) is 12.8 Å². The Morgan fingerprint density at radius 3 is 2.33 bits per heavy atom. The highest BCUT2D eigenvalue weighted by Gasteiger charge is 2.18. The monoisotopic (exact) mass is 259 g/mol. The van der Waals surface area contributed by atoms with E-state index in [4.69, 9.17) is 10.2 Å². The number of likely N-dealkylation sites (tertiary alicyclic amines) is 1. The molecule has 0 bridgehead atoms. The number of nitrogens with one attached hydrogen (secondary N) is 2. The summed E-state index contributed by atoms with van der Waals surface area (Å²) in [7, 11) is 0. The summed E-state index contributed by atoms with van der Waals surface area (Å²) in [6.45, 7) is 0.883. The first kappa shape index (κ1) is 14.2. The third kappa shape index (κ3) is 4.58. The Bertz CT molecular complexity index is 327. The Labute approximate surface area is 104 Å². The van der Waals surface area contributed by atoms with E-state index in [0.29, 0.717) is 13.1 Å². The molecule has 1 atom stereocenters. The van der Waals surface area contributed by atoms with Crippen molar-refractivity contribution in [2.45, 2.75) is 18.9 Å². The van der Waals surface area contributed by atoms with Crippen molar-refractivity contribution in [1.82, 2.24) is 15.5 Å². The molecule has 1 fully saturated rings. The second-order valence-corrected chi connectivity index (χ2v) is 4.01. The van der Waals surface area contributed by atoms with Crippen molar-refractivity contribution in [3.05, 3.63) is 0 Å². The molecular weight excluding hydrogens is 242 g/mol. The lowest BCUT2D eigenvalue weighted by Gasteiger charge is -2.15. The minimum Gasteiger partial charge on any atom is -0.479 e. The fraction of sp³-hybridized carbons (Fsp3) is 0.700. The number of carbonyl (C=O) groups excluding carboxylic acids is 2. The molecular formula is C10H17N3O5. The molecule has 102 valence electrons. The van der Waals surface area contributed by atoms with Gasteiger partial charge in [0.2, 0.25) is 5.91 Å². The third-order valence-electron chi connectivity index (χ3n) is 2.60. The van der Waals surface area contributed by atoms with Gasteiger partial charge in [-0.1, -0.05) is 0 Å². The smallest absolute Gasteiger partial charge is 0.334 e. The van der Waals surface area contributed by atoms with E-state index in [9.17, 15) is 14.4 Å². The molecule has 18 heavy (non-hydrogen) atoms. The summed E-state index contributed by atoms with van der Waals surface area (Å²) in [6.07, 6.45) is 0.302. The number of hydrogen-bond donors (Lipinski definition) is 4. The van der Waals surface area contributed by atoms with Gasteiger partial charge in [-0.2, -0.15) is 0 Å². The van der Waals surface area contributed by atoms with E-state index in [1.165, 1.54) is 0 Å². The first-order valence-corrected chi connectivity index (χ1v) is 5.71. The average Bonchev–Trinajstić information content (AvgIpc) is 2.86. The van der Waals surface area contributed by atoms with Crippen molar-refractivity contribution in [2.24, 2.45) is 0 Å². The number of carboxylic acid groups (broad SMARTS) is 1. The van der Waals surface area contributed by atoms with Gasteiger partial charge < -0.3 is 25.7 Å². The van der Waals surface area contributed by atoms with Gasteiger partial charge in [0, 0.05) is 13.1 Å². The number of amides is 3. The number of urea groups is 1. The lowest BCUT2D eigenvalue weighted by atomic mass is 10.4. The van der Waals surface area contributed by atoms with Crippen LogP contribution in [0.5, 0.6) is 0 Å². The summed E-state index contributed by atoms with van der Waals surface area (Å²) in [4.78, 5) is 34.7. The number of nitrogens with zero attached hydrogens (tertiary/aromatic N) is 1. The molecule has 0 spiro atoms. The molecule has 0 saturated carbocycles. The van der Waals surface area contributed by atoms with Crippen molar-refractivity contribution >= 4 is 17.9 Å². The molecule has 1 aliphatic rings. The highest BCUT2D eigenvalue weighted by atomic mass is 16.4. The van der Waals surface area contributed by atoms with Crippen molar-refractivity contribution < 1.29 is 24.6 Å². The Hall–Kier alpha value is -1.83. The van der Waals surface area contributed by atoms with E-state index in [-0.39, 0.29) is 12.5 Å². The van der Waals surface area contributed by atoms with Crippen LogP contribution in [-0.4, -0.2) is 65.3 Å². The van der Waals surface area contributed by atoms with Crippen LogP contribution in [0.4, 0.5) is 4.79 Å². The lowest BCUT2D eigenvalue weighted by Crippen LogP contribution is -2.45. The van der Waals surface area contributed by atoms with Crippen LogP contribution in [0.1, 0.15) is 12.8 Å². The van der Waals surface area contributed by atoms with E-state index in [1.807, 2.05) is 0 Å². The lowest BCUT2D eigenvalue weighted by molar-refractivity contribution is -0.146. The van der Waals surface area contributed by atoms with E-state index < -0.39 is 24.6 Å². The van der Waals surface area contributed by atoms with Gasteiger partial charge in [-0.25, -0.2) is 9.59 Å². The standard InChI is InChI=1S/C10H17N3O5/c14-7(9(16)17)5-11-10(18)12-6-8(15)13-3-1-2-4-13/h7,14H,1-6H2,(H,16,17)(H2,11,12,18). The number of hydrogen-bond acceptors (Lipinski definition) is 4. The van der Waals surface area contributed by atoms with Crippen LogP contribution in [0.2, 0.25) is 0 Å². The van der Waals surface area contributed by atoms with E-state index >= 15 is 0 Å². The molecule has 0 aromatic heterocycles. The van der Waals surface area contributed by atoms with Gasteiger partial charge in [-0.15, -0.1) is 0 Å². The fourth-order valence-electron chi connectivity index (χ4n) is 1.57. The van der Waals surface area contributed by atoms with Crippen molar-refractivity contribution in [3.63, 3.8) is 0 Å². The van der Waals surface area contributed by atoms with Crippen LogP contribution in [0.15, 0.2) is 0 Å². The molecule has 0 aromatic rings. The summed E-state index contributed by atoms with van der Waals surface area (Å²) < 4.78 is 0. The molecule has 3 amide bonds. The molecule has 0 radical (unpaired) electrons. The highest BCUT2D eigenvalue weighted by Crippen LogP contribution is 2.06. The van der Waals surface area contributed by atoms with Crippen LogP contribution >= 0.6 is 0 Å². The molecule has 4 N–H and O–H groups in total. The van der Waals surface area contributed by atoms with Gasteiger partial charge in [0.25, 0.3) is 0 Å². The summed E-state index contributed by atoms with van der Waals surface area (Å²) in [5.74, 6) is -1.58. The normalized spacial score (nSPS) is 16.2. The largest absolute Gasteiger partial charge is 0.479 e. The molecule has 1 saturated heterocycles. The topological polar surface area (TPSA) is 119 Å². The van der Waals surface area contributed by atoms with Crippen LogP contribution in [0, 0.1) is 0 Å². The summed E-state index contributed by atoms with van der Waals surface area (Å²) in [5, 5.41) is 21.7. The Balaban J connectivity index is 2.16. The van der Waals surface area contributed by atoms with Gasteiger partial charge in [-0.3, -0.25) is 4.79 Å². The maximum absolute atomic E-state index is 11.5. The number of carbonyl (C=O) groups is 3. The Kier molecular flexibility index (Phi) is 5.37. The van der Waals surface area contributed by atoms with Gasteiger partial charge in [-0.05, 0) is 12.8 Å². The summed E-state index contributed by atoms with van der Waals surface area (Å²) in [5.41, 5.74) is 0. The van der Waals surface area contributed by atoms with E-state index in [1.54, 1.807) is 4.90 Å². The summed E-state index contributed by atoms with van der Waals surface area (Å²) >= 11 is 0. The first-order valence-electron chi connectivity index (χ1n) is 5.71. The zero-order chi connectivity index (χ0) is 13.5. The first-order chi connectivity index (χ1) is 8.50. The number of carboxylic acids is 1. The van der Waals surface area contributed by atoms with Crippen LogP contribution in [-0.2, 0) is 9.59 Å². The molecule has 0 aromatic carbocycles. The Morgan fingerprint density at radius 1 is 1.17 bits per heavy atom. The van der Waals surface area contributed by atoms with Gasteiger partial charge in [0.05, 0.1) is 13.1 Å². The molecule has 1 unspecified atom stereocenters. The minimum atomic E-state index is -1.65. The zero-order valence-corrected chi connectivity index (χ0v) is 9.89. The fourth-order valence-corrected chi connectivity index (χ4v) is 1.57. The number of aliphatic carboxylic acids is 1.